The quantitative estimate of drug-likeness (QED) is 0.242. The molecule has 0 unspecified atom stereocenters. The summed E-state index contributed by atoms with van der Waals surface area (Å²) >= 11 is 0. The molecule has 0 radical (unpaired) electrons. The maximum absolute atomic E-state index is 11.4. The Balaban J connectivity index is 1.67. The van der Waals surface area contributed by atoms with E-state index in [0.717, 1.165) is 11.1 Å². The molecule has 0 spiro atoms. The van der Waals surface area contributed by atoms with Crippen LogP contribution in [0.3, 0.4) is 0 Å². The lowest BCUT2D eigenvalue weighted by Gasteiger charge is -2.16. The Morgan fingerprint density at radius 1 is 0.892 bits per heavy atom. The van der Waals surface area contributed by atoms with Crippen molar-refractivity contribution < 1.29 is 23.8 Å². The number of esters is 1. The highest BCUT2D eigenvalue weighted by Gasteiger charge is 2.10. The summed E-state index contributed by atoms with van der Waals surface area (Å²) in [6.45, 7) is 6.19. The van der Waals surface area contributed by atoms with Gasteiger partial charge in [0.2, 0.25) is 5.91 Å². The minimum Gasteiger partial charge on any atom is -0.493 e. The van der Waals surface area contributed by atoms with Crippen LogP contribution < -0.4 is 20.1 Å². The lowest BCUT2D eigenvalue weighted by molar-refractivity contribution is -0.140. The van der Waals surface area contributed by atoms with Crippen LogP contribution in [0.2, 0.25) is 0 Å². The predicted molar refractivity (Wildman–Crippen MR) is 145 cm³/mol. The van der Waals surface area contributed by atoms with Gasteiger partial charge in [0.1, 0.15) is 18.1 Å². The average Bonchev–Trinajstić information content (AvgIpc) is 2.91. The van der Waals surface area contributed by atoms with E-state index in [0.29, 0.717) is 57.2 Å². The molecule has 3 aromatic carbocycles. The van der Waals surface area contributed by atoms with Crippen molar-refractivity contribution in [3.05, 3.63) is 83.4 Å². The molecule has 0 saturated carbocycles. The van der Waals surface area contributed by atoms with Crippen LogP contribution in [0.15, 0.2) is 66.7 Å². The number of hydrogen-bond acceptors (Lipinski definition) is 6. The first-order chi connectivity index (χ1) is 18.0. The molecule has 196 valence electrons. The largest absolute Gasteiger partial charge is 0.493 e. The van der Waals surface area contributed by atoms with Crippen molar-refractivity contribution in [2.24, 2.45) is 0 Å². The van der Waals surface area contributed by atoms with E-state index in [-0.39, 0.29) is 11.9 Å². The van der Waals surface area contributed by atoms with E-state index < -0.39 is 0 Å². The van der Waals surface area contributed by atoms with E-state index in [2.05, 4.69) is 47.9 Å². The summed E-state index contributed by atoms with van der Waals surface area (Å²) in [5.74, 6) is 1.09. The lowest BCUT2D eigenvalue weighted by Crippen LogP contribution is -2.30. The number of nitrogens with one attached hydrogen (secondary N) is 2. The van der Waals surface area contributed by atoms with Gasteiger partial charge in [-0.15, -0.1) is 0 Å². The van der Waals surface area contributed by atoms with Gasteiger partial charge in [0, 0.05) is 44.6 Å². The molecule has 0 aromatic heterocycles. The standard InChI is InChI=1S/C30H36N2O5/c1-22-26(11-7-12-28(22)24-9-5-4-6-10-24)21-37-27-15-14-25(20-31-16-17-32-23(2)33)29(19-27)36-18-8-13-30(34)35-3/h4-7,9-12,14-15,19,31H,8,13,16-18,20-21H2,1-3H3,(H,32,33). The van der Waals surface area contributed by atoms with Crippen LogP contribution in [-0.4, -0.2) is 38.7 Å². The molecule has 7 nitrogen and oxygen atoms in total. The van der Waals surface area contributed by atoms with Gasteiger partial charge in [-0.05, 0) is 41.7 Å². The molecule has 3 rings (SSSR count). The molecular formula is C30H36N2O5. The van der Waals surface area contributed by atoms with Gasteiger partial charge in [-0.3, -0.25) is 9.59 Å². The van der Waals surface area contributed by atoms with E-state index in [4.69, 9.17) is 14.2 Å². The van der Waals surface area contributed by atoms with Crippen LogP contribution in [0.25, 0.3) is 11.1 Å². The summed E-state index contributed by atoms with van der Waals surface area (Å²) in [5, 5.41) is 6.08. The first-order valence-corrected chi connectivity index (χ1v) is 12.5. The third-order valence-corrected chi connectivity index (χ3v) is 5.97. The van der Waals surface area contributed by atoms with Gasteiger partial charge >= 0.3 is 5.97 Å². The first kappa shape index (κ1) is 27.7. The van der Waals surface area contributed by atoms with Crippen LogP contribution in [0.1, 0.15) is 36.5 Å². The van der Waals surface area contributed by atoms with E-state index in [1.165, 1.54) is 30.7 Å². The van der Waals surface area contributed by atoms with Crippen LogP contribution in [-0.2, 0) is 27.5 Å². The van der Waals surface area contributed by atoms with Gasteiger partial charge in [0.15, 0.2) is 0 Å². The maximum Gasteiger partial charge on any atom is 0.305 e. The van der Waals surface area contributed by atoms with E-state index >= 15 is 0 Å². The molecule has 0 bridgehead atoms. The zero-order chi connectivity index (χ0) is 26.5. The highest BCUT2D eigenvalue weighted by atomic mass is 16.5. The van der Waals surface area contributed by atoms with Gasteiger partial charge in [0.05, 0.1) is 13.7 Å². The van der Waals surface area contributed by atoms with Crippen LogP contribution in [0, 0.1) is 6.92 Å². The fourth-order valence-electron chi connectivity index (χ4n) is 3.89. The number of rotatable bonds is 14. The Hall–Kier alpha value is -3.84. The van der Waals surface area contributed by atoms with E-state index in [1.807, 2.05) is 36.4 Å². The van der Waals surface area contributed by atoms with Gasteiger partial charge in [0.25, 0.3) is 0 Å². The average molecular weight is 505 g/mol. The smallest absolute Gasteiger partial charge is 0.305 e. The number of amides is 1. The summed E-state index contributed by atoms with van der Waals surface area (Å²) < 4.78 is 16.9. The number of ether oxygens (including phenoxy) is 3. The number of carbonyl (C=O) groups is 2. The summed E-state index contributed by atoms with van der Waals surface area (Å²) in [5.41, 5.74) is 5.64. The Bertz CT molecular complexity index is 1160. The first-order valence-electron chi connectivity index (χ1n) is 12.5. The number of hydrogen-bond donors (Lipinski definition) is 2. The van der Waals surface area contributed by atoms with Crippen LogP contribution in [0.5, 0.6) is 11.5 Å². The third-order valence-electron chi connectivity index (χ3n) is 5.97. The second-order valence-electron chi connectivity index (χ2n) is 8.70. The van der Waals surface area contributed by atoms with Crippen molar-refractivity contribution in [2.45, 2.75) is 39.8 Å². The molecule has 0 fully saturated rings. The van der Waals surface area contributed by atoms with Crippen LogP contribution >= 0.6 is 0 Å². The topological polar surface area (TPSA) is 85.9 Å². The van der Waals surface area contributed by atoms with Crippen molar-refractivity contribution in [1.29, 1.82) is 0 Å². The highest BCUT2D eigenvalue weighted by molar-refractivity contribution is 5.72. The Labute approximate surface area is 219 Å². The van der Waals surface area contributed by atoms with Crippen LogP contribution in [0.4, 0.5) is 0 Å². The number of carbonyl (C=O) groups excluding carboxylic acids is 2. The van der Waals surface area contributed by atoms with Crippen molar-refractivity contribution in [3.8, 4) is 22.6 Å². The second-order valence-corrected chi connectivity index (χ2v) is 8.70. The summed E-state index contributed by atoms with van der Waals surface area (Å²) in [4.78, 5) is 22.5. The normalized spacial score (nSPS) is 10.6. The summed E-state index contributed by atoms with van der Waals surface area (Å²) in [7, 11) is 1.38. The number of benzene rings is 3. The van der Waals surface area contributed by atoms with Gasteiger partial charge in [-0.2, -0.15) is 0 Å². The fourth-order valence-corrected chi connectivity index (χ4v) is 3.89. The van der Waals surface area contributed by atoms with Crippen molar-refractivity contribution in [2.75, 3.05) is 26.8 Å². The van der Waals surface area contributed by atoms with E-state index in [1.54, 1.807) is 0 Å². The molecular weight excluding hydrogens is 468 g/mol. The molecule has 0 aliphatic rings. The summed E-state index contributed by atoms with van der Waals surface area (Å²) in [6, 6.07) is 22.4. The predicted octanol–water partition coefficient (Wildman–Crippen LogP) is 4.80. The molecule has 37 heavy (non-hydrogen) atoms. The molecule has 0 aliphatic carbocycles. The molecule has 7 heteroatoms. The van der Waals surface area contributed by atoms with Crippen molar-refractivity contribution in [3.63, 3.8) is 0 Å². The van der Waals surface area contributed by atoms with E-state index in [9.17, 15) is 9.59 Å². The molecule has 0 atom stereocenters. The minimum absolute atomic E-state index is 0.0533. The molecule has 0 heterocycles. The minimum atomic E-state index is -0.256. The SMILES string of the molecule is COC(=O)CCCOc1cc(OCc2cccc(-c3ccccc3)c2C)ccc1CNCCNC(C)=O. The van der Waals surface area contributed by atoms with Crippen molar-refractivity contribution >= 4 is 11.9 Å². The van der Waals surface area contributed by atoms with Gasteiger partial charge in [-0.25, -0.2) is 0 Å². The Morgan fingerprint density at radius 3 is 2.46 bits per heavy atom. The van der Waals surface area contributed by atoms with Gasteiger partial charge in [-0.1, -0.05) is 54.6 Å². The Kier molecular flexibility index (Phi) is 11.0. The number of methoxy groups -OCH3 is 1. The Morgan fingerprint density at radius 2 is 1.70 bits per heavy atom. The third kappa shape index (κ3) is 8.95. The maximum atomic E-state index is 11.4. The van der Waals surface area contributed by atoms with Gasteiger partial charge < -0.3 is 24.8 Å². The summed E-state index contributed by atoms with van der Waals surface area (Å²) in [6.07, 6.45) is 0.854. The fraction of sp³-hybridized carbons (Fsp3) is 0.333. The van der Waals surface area contributed by atoms with Crippen molar-refractivity contribution in [1.82, 2.24) is 10.6 Å². The molecule has 0 aliphatic heterocycles. The monoisotopic (exact) mass is 504 g/mol. The second kappa shape index (κ2) is 14.7. The lowest BCUT2D eigenvalue weighted by atomic mass is 9.97. The zero-order valence-corrected chi connectivity index (χ0v) is 21.8. The molecule has 3 aromatic rings. The molecule has 2 N–H and O–H groups in total. The molecule has 0 saturated heterocycles. The molecule has 1 amide bonds. The zero-order valence-electron chi connectivity index (χ0n) is 21.8. The highest BCUT2D eigenvalue weighted by Crippen LogP contribution is 2.29.